The van der Waals surface area contributed by atoms with Gasteiger partial charge in [0.25, 0.3) is 6.71 Å². The molecule has 1 saturated carbocycles. The average molecular weight is 950 g/mol. The summed E-state index contributed by atoms with van der Waals surface area (Å²) in [6.45, 7) is 38.9. The second-order valence-corrected chi connectivity index (χ2v) is 28.1. The highest BCUT2D eigenvalue weighted by Gasteiger charge is 2.58. The Labute approximate surface area is 430 Å². The molecule has 0 radical (unpaired) electrons. The van der Waals surface area contributed by atoms with E-state index in [4.69, 9.17) is 4.42 Å². The Morgan fingerprint density at radius 2 is 1.17 bits per heavy atom. The van der Waals surface area contributed by atoms with Gasteiger partial charge in [-0.3, -0.25) is 0 Å². The number of para-hydroxylation sites is 1. The van der Waals surface area contributed by atoms with Gasteiger partial charge in [-0.2, -0.15) is 0 Å². The number of anilines is 5. The van der Waals surface area contributed by atoms with Gasteiger partial charge in [0.05, 0.1) is 11.1 Å². The van der Waals surface area contributed by atoms with Crippen LogP contribution in [0, 0.1) is 6.92 Å². The number of nitrogens with zero attached hydrogens (tertiary/aromatic N) is 3. The van der Waals surface area contributed by atoms with Crippen LogP contribution in [0.25, 0.3) is 38.7 Å². The van der Waals surface area contributed by atoms with Crippen molar-refractivity contribution in [3.63, 3.8) is 0 Å². The minimum Gasteiger partial charge on any atom is -0.454 e. The zero-order valence-electron chi connectivity index (χ0n) is 46.3. The third-order valence-corrected chi connectivity index (χ3v) is 19.6. The van der Waals surface area contributed by atoms with E-state index in [-0.39, 0.29) is 44.7 Å². The number of furan rings is 1. The van der Waals surface area contributed by atoms with Crippen LogP contribution < -0.4 is 26.2 Å². The fourth-order valence-corrected chi connectivity index (χ4v) is 14.8. The summed E-state index contributed by atoms with van der Waals surface area (Å²) in [7, 11) is 0. The van der Waals surface area contributed by atoms with Crippen LogP contribution in [-0.2, 0) is 32.5 Å². The minimum atomic E-state index is -0.128. The lowest BCUT2D eigenvalue weighted by Crippen LogP contribution is -2.61. The highest BCUT2D eigenvalue weighted by molar-refractivity contribution is 7.00. The first-order valence-electron chi connectivity index (χ1n) is 27.5. The molecule has 4 nitrogen and oxygen atoms in total. The molecule has 6 aromatic carbocycles. The second-order valence-electron chi connectivity index (χ2n) is 28.1. The van der Waals surface area contributed by atoms with Crippen LogP contribution in [0.2, 0.25) is 0 Å². The van der Waals surface area contributed by atoms with Gasteiger partial charge in [-0.15, -0.1) is 0 Å². The molecule has 8 aromatic rings. The maximum Gasteiger partial charge on any atom is 0.252 e. The maximum absolute atomic E-state index is 7.04. The van der Waals surface area contributed by atoms with Crippen molar-refractivity contribution in [2.24, 2.45) is 0 Å². The number of hydrogen-bond acceptors (Lipinski definition) is 3. The molecular formula is C67H76BN3O. The van der Waals surface area contributed by atoms with Gasteiger partial charge in [0.2, 0.25) is 0 Å². The molecular weight excluding hydrogens is 874 g/mol. The Morgan fingerprint density at radius 1 is 0.514 bits per heavy atom. The van der Waals surface area contributed by atoms with Gasteiger partial charge in [-0.25, -0.2) is 0 Å². The van der Waals surface area contributed by atoms with E-state index in [0.717, 1.165) is 23.0 Å². The van der Waals surface area contributed by atoms with E-state index in [9.17, 15) is 0 Å². The average Bonchev–Trinajstić information content (AvgIpc) is 3.91. The predicted octanol–water partition coefficient (Wildman–Crippen LogP) is 16.4. The molecule has 2 unspecified atom stereocenters. The lowest BCUT2D eigenvalue weighted by atomic mass is 9.33. The van der Waals surface area contributed by atoms with Crippen LogP contribution in [-0.4, -0.2) is 16.8 Å². The number of rotatable bonds is 2. The summed E-state index contributed by atoms with van der Waals surface area (Å²) >= 11 is 0. The number of fused-ring (bicyclic) bond motifs is 13. The summed E-state index contributed by atoms with van der Waals surface area (Å²) in [6, 6.07) is 39.3. The van der Waals surface area contributed by atoms with E-state index in [1.165, 1.54) is 138 Å². The smallest absolute Gasteiger partial charge is 0.252 e. The first-order chi connectivity index (χ1) is 33.7. The van der Waals surface area contributed by atoms with Gasteiger partial charge in [-0.1, -0.05) is 152 Å². The fraction of sp³-hybridized carbons (Fsp3) is 0.433. The molecule has 368 valence electrons. The third-order valence-electron chi connectivity index (χ3n) is 19.6. The van der Waals surface area contributed by atoms with E-state index in [0.29, 0.717) is 0 Å². The monoisotopic (exact) mass is 950 g/mol. The summed E-state index contributed by atoms with van der Waals surface area (Å²) in [4.78, 5) is 5.57. The molecule has 72 heavy (non-hydrogen) atoms. The summed E-state index contributed by atoms with van der Waals surface area (Å²) in [5, 5.41) is 2.37. The first kappa shape index (κ1) is 46.1. The molecule has 3 aliphatic heterocycles. The number of aryl methyl sites for hydroxylation is 1. The Bertz CT molecular complexity index is 3670. The predicted molar refractivity (Wildman–Crippen MR) is 309 cm³/mol. The Hall–Kier alpha value is -5.68. The van der Waals surface area contributed by atoms with Crippen LogP contribution in [0.15, 0.2) is 101 Å². The largest absolute Gasteiger partial charge is 0.454 e. The van der Waals surface area contributed by atoms with Crippen molar-refractivity contribution >= 4 is 84.5 Å². The molecule has 0 saturated heterocycles. The van der Waals surface area contributed by atoms with Crippen molar-refractivity contribution in [2.75, 3.05) is 9.80 Å². The van der Waals surface area contributed by atoms with Crippen molar-refractivity contribution in [3.8, 4) is 5.69 Å². The topological polar surface area (TPSA) is 24.6 Å². The highest BCUT2D eigenvalue weighted by atomic mass is 16.3. The highest BCUT2D eigenvalue weighted by Crippen LogP contribution is 2.62. The van der Waals surface area contributed by atoms with Crippen molar-refractivity contribution in [1.29, 1.82) is 0 Å². The first-order valence-corrected chi connectivity index (χ1v) is 27.5. The zero-order chi connectivity index (χ0) is 50.8. The van der Waals surface area contributed by atoms with Crippen molar-refractivity contribution in [2.45, 2.75) is 187 Å². The van der Waals surface area contributed by atoms with E-state index in [1.807, 2.05) is 0 Å². The maximum atomic E-state index is 7.04. The minimum absolute atomic E-state index is 0.00376. The van der Waals surface area contributed by atoms with Crippen LogP contribution in [0.3, 0.4) is 0 Å². The van der Waals surface area contributed by atoms with Gasteiger partial charge < -0.3 is 18.8 Å². The SMILES string of the molecule is Cc1cc2c(cc1N1c3cc(N4c5ccc(C(C)(C)C)cc5C5(C)CCCCC45C)ccc3B3c4c1cc(C(C)(C)C)cc4-n1c4c3cc(C(C)(C)C)cc4c3oc4ccccc4c31)C(C)(C)CCC2(C)C. The zero-order valence-corrected chi connectivity index (χ0v) is 46.3. The molecule has 1 fully saturated rings. The molecule has 2 atom stereocenters. The standard InChI is InChI=1S/C67H76BN3O/c1-39-31-46-47(65(13,14)30-29-64(46,11)12)38-52(39)69-53-37-43(71-51-26-23-40(61(2,3)4)33-48(51)66(15)27-19-20-28-67(66,71)16)24-25-49(53)68-50-34-41(62(5,6)7)32-45-58(50)70(59-44-21-17-18-22-56(44)72-60(45)59)55-36-42(63(8,9)10)35-54(69)57(55)68/h17-18,21-26,31-38H,19-20,27-30H2,1-16H3. The van der Waals surface area contributed by atoms with E-state index in [2.05, 4.69) is 222 Å². The van der Waals surface area contributed by atoms with E-state index < -0.39 is 0 Å². The van der Waals surface area contributed by atoms with Gasteiger partial charge in [0.15, 0.2) is 5.58 Å². The fourth-order valence-electron chi connectivity index (χ4n) is 14.8. The van der Waals surface area contributed by atoms with Crippen LogP contribution in [0.1, 0.15) is 181 Å². The van der Waals surface area contributed by atoms with Crippen molar-refractivity contribution in [1.82, 2.24) is 4.57 Å². The van der Waals surface area contributed by atoms with Crippen LogP contribution >= 0.6 is 0 Å². The molecule has 5 aliphatic rings. The summed E-state index contributed by atoms with van der Waals surface area (Å²) in [6.07, 6.45) is 7.22. The molecule has 2 aliphatic carbocycles. The Kier molecular flexibility index (Phi) is 9.18. The van der Waals surface area contributed by atoms with Gasteiger partial charge in [0, 0.05) is 50.3 Å². The lowest BCUT2D eigenvalue weighted by molar-refractivity contribution is 0.195. The number of benzene rings is 6. The summed E-state index contributed by atoms with van der Waals surface area (Å²) in [5.41, 5.74) is 26.2. The number of aromatic nitrogens is 1. The quantitative estimate of drug-likeness (QED) is 0.161. The van der Waals surface area contributed by atoms with Crippen LogP contribution in [0.4, 0.5) is 28.4 Å². The van der Waals surface area contributed by atoms with Crippen molar-refractivity contribution < 1.29 is 4.42 Å². The molecule has 2 aromatic heterocycles. The second kappa shape index (κ2) is 14.3. The van der Waals surface area contributed by atoms with Gasteiger partial charge in [0.1, 0.15) is 11.1 Å². The summed E-state index contributed by atoms with van der Waals surface area (Å²) < 4.78 is 9.67. The molecule has 0 bridgehead atoms. The van der Waals surface area contributed by atoms with E-state index in [1.54, 1.807) is 0 Å². The Balaban J connectivity index is 1.17. The molecule has 0 spiro atoms. The normalized spacial score (nSPS) is 21.8. The summed E-state index contributed by atoms with van der Waals surface area (Å²) in [5.74, 6) is 0. The molecule has 5 heterocycles. The van der Waals surface area contributed by atoms with E-state index >= 15 is 0 Å². The molecule has 0 amide bonds. The molecule has 13 rings (SSSR count). The number of hydrogen-bond donors (Lipinski definition) is 0. The lowest BCUT2D eigenvalue weighted by Gasteiger charge is -2.50. The Morgan fingerprint density at radius 3 is 1.88 bits per heavy atom. The third kappa shape index (κ3) is 6.06. The van der Waals surface area contributed by atoms with Gasteiger partial charge >= 0.3 is 0 Å². The van der Waals surface area contributed by atoms with Crippen molar-refractivity contribution in [3.05, 3.63) is 136 Å². The molecule has 0 N–H and O–H groups in total. The van der Waals surface area contributed by atoms with Crippen LogP contribution in [0.5, 0.6) is 0 Å². The van der Waals surface area contributed by atoms with Gasteiger partial charge in [-0.05, 0) is 177 Å². The molecule has 5 heteroatoms.